The number of ether oxygens (including phenoxy) is 1. The SMILES string of the molecule is CC(C)(C)OC(=O)CCC1(C(=O)O)CCCCC1. The molecule has 0 aromatic rings. The van der Waals surface area contributed by atoms with E-state index in [9.17, 15) is 14.7 Å². The Kier molecular flexibility index (Phi) is 4.77. The van der Waals surface area contributed by atoms with Gasteiger partial charge < -0.3 is 9.84 Å². The summed E-state index contributed by atoms with van der Waals surface area (Å²) in [6.45, 7) is 5.45. The van der Waals surface area contributed by atoms with Gasteiger partial charge in [-0.1, -0.05) is 19.3 Å². The number of hydrogen-bond acceptors (Lipinski definition) is 3. The monoisotopic (exact) mass is 256 g/mol. The molecule has 104 valence electrons. The molecule has 0 heterocycles. The number of carboxylic acids is 1. The van der Waals surface area contributed by atoms with Crippen LogP contribution >= 0.6 is 0 Å². The minimum Gasteiger partial charge on any atom is -0.481 e. The number of carbonyl (C=O) groups excluding carboxylic acids is 1. The summed E-state index contributed by atoms with van der Waals surface area (Å²) in [5.41, 5.74) is -1.20. The zero-order valence-corrected chi connectivity index (χ0v) is 11.6. The zero-order chi connectivity index (χ0) is 13.8. The van der Waals surface area contributed by atoms with Crippen LogP contribution < -0.4 is 0 Å². The normalized spacial score (nSPS) is 19.3. The number of aliphatic carboxylic acids is 1. The predicted molar refractivity (Wildman–Crippen MR) is 68.2 cm³/mol. The minimum atomic E-state index is -0.759. The molecule has 1 aliphatic rings. The van der Waals surface area contributed by atoms with Crippen molar-refractivity contribution in [3.63, 3.8) is 0 Å². The lowest BCUT2D eigenvalue weighted by Crippen LogP contribution is -2.34. The maximum absolute atomic E-state index is 11.7. The smallest absolute Gasteiger partial charge is 0.309 e. The van der Waals surface area contributed by atoms with Gasteiger partial charge >= 0.3 is 11.9 Å². The lowest BCUT2D eigenvalue weighted by Gasteiger charge is -2.33. The third-order valence-electron chi connectivity index (χ3n) is 3.49. The van der Waals surface area contributed by atoms with Gasteiger partial charge in [0.15, 0.2) is 0 Å². The molecule has 18 heavy (non-hydrogen) atoms. The van der Waals surface area contributed by atoms with Crippen molar-refractivity contribution in [1.29, 1.82) is 0 Å². The van der Waals surface area contributed by atoms with Crippen LogP contribution in [0, 0.1) is 5.41 Å². The maximum atomic E-state index is 11.7. The van der Waals surface area contributed by atoms with Gasteiger partial charge in [-0.2, -0.15) is 0 Å². The molecule has 1 fully saturated rings. The molecule has 4 nitrogen and oxygen atoms in total. The van der Waals surface area contributed by atoms with Crippen molar-refractivity contribution >= 4 is 11.9 Å². The fourth-order valence-electron chi connectivity index (χ4n) is 2.53. The first kappa shape index (κ1) is 15.0. The molecule has 1 rings (SSSR count). The molecule has 1 aliphatic carbocycles. The Balaban J connectivity index is 2.53. The van der Waals surface area contributed by atoms with Crippen LogP contribution in [-0.4, -0.2) is 22.6 Å². The summed E-state index contributed by atoms with van der Waals surface area (Å²) in [6.07, 6.45) is 4.96. The van der Waals surface area contributed by atoms with Gasteiger partial charge in [-0.3, -0.25) is 9.59 Å². The van der Waals surface area contributed by atoms with Gasteiger partial charge in [-0.05, 0) is 40.0 Å². The van der Waals surface area contributed by atoms with E-state index in [2.05, 4.69) is 0 Å². The van der Waals surface area contributed by atoms with E-state index < -0.39 is 17.0 Å². The topological polar surface area (TPSA) is 63.6 Å². The van der Waals surface area contributed by atoms with Crippen LogP contribution in [0.3, 0.4) is 0 Å². The molecule has 0 amide bonds. The zero-order valence-electron chi connectivity index (χ0n) is 11.6. The highest BCUT2D eigenvalue weighted by molar-refractivity contribution is 5.76. The summed E-state index contributed by atoms with van der Waals surface area (Å²) in [5.74, 6) is -1.06. The molecule has 1 saturated carbocycles. The number of hydrogen-bond donors (Lipinski definition) is 1. The Bertz CT molecular complexity index is 308. The van der Waals surface area contributed by atoms with E-state index in [0.29, 0.717) is 19.3 Å². The number of carboxylic acid groups (broad SMARTS) is 1. The molecule has 0 aliphatic heterocycles. The molecule has 0 bridgehead atoms. The van der Waals surface area contributed by atoms with Crippen molar-refractivity contribution in [2.75, 3.05) is 0 Å². The van der Waals surface area contributed by atoms with Gasteiger partial charge in [0, 0.05) is 6.42 Å². The van der Waals surface area contributed by atoms with E-state index in [1.807, 2.05) is 20.8 Å². The summed E-state index contributed by atoms with van der Waals surface area (Å²) >= 11 is 0. The summed E-state index contributed by atoms with van der Waals surface area (Å²) < 4.78 is 5.22. The molecule has 0 unspecified atom stereocenters. The van der Waals surface area contributed by atoms with Crippen molar-refractivity contribution in [3.8, 4) is 0 Å². The summed E-state index contributed by atoms with van der Waals surface area (Å²) in [4.78, 5) is 23.1. The number of carbonyl (C=O) groups is 2. The third kappa shape index (κ3) is 4.31. The molecule has 1 N–H and O–H groups in total. The molecular weight excluding hydrogens is 232 g/mol. The van der Waals surface area contributed by atoms with Crippen LogP contribution in [0.15, 0.2) is 0 Å². The van der Waals surface area contributed by atoms with Crippen LogP contribution in [-0.2, 0) is 14.3 Å². The van der Waals surface area contributed by atoms with Gasteiger partial charge in [0.1, 0.15) is 5.60 Å². The second-order valence-electron chi connectivity index (χ2n) is 6.23. The second kappa shape index (κ2) is 5.72. The van der Waals surface area contributed by atoms with Crippen LogP contribution in [0.1, 0.15) is 65.7 Å². The molecule has 0 aromatic heterocycles. The van der Waals surface area contributed by atoms with Crippen molar-refractivity contribution in [3.05, 3.63) is 0 Å². The Hall–Kier alpha value is -1.06. The first-order chi connectivity index (χ1) is 8.25. The summed E-state index contributed by atoms with van der Waals surface area (Å²) in [6, 6.07) is 0. The van der Waals surface area contributed by atoms with Crippen LogP contribution in [0.4, 0.5) is 0 Å². The lowest BCUT2D eigenvalue weighted by atomic mass is 9.71. The Morgan fingerprint density at radius 1 is 1.17 bits per heavy atom. The molecule has 4 heteroatoms. The highest BCUT2D eigenvalue weighted by Gasteiger charge is 2.39. The van der Waals surface area contributed by atoms with Crippen molar-refractivity contribution in [1.82, 2.24) is 0 Å². The van der Waals surface area contributed by atoms with Gasteiger partial charge in [0.05, 0.1) is 5.41 Å². The van der Waals surface area contributed by atoms with Gasteiger partial charge in [-0.15, -0.1) is 0 Å². The van der Waals surface area contributed by atoms with Gasteiger partial charge in [0.2, 0.25) is 0 Å². The Labute approximate surface area is 109 Å². The quantitative estimate of drug-likeness (QED) is 0.785. The highest BCUT2D eigenvalue weighted by Crippen LogP contribution is 2.40. The Morgan fingerprint density at radius 3 is 2.17 bits per heavy atom. The average molecular weight is 256 g/mol. The van der Waals surface area contributed by atoms with Gasteiger partial charge in [-0.25, -0.2) is 0 Å². The standard InChI is InChI=1S/C14H24O4/c1-13(2,3)18-11(15)7-10-14(12(16)17)8-5-4-6-9-14/h4-10H2,1-3H3,(H,16,17). The first-order valence-corrected chi connectivity index (χ1v) is 6.70. The van der Waals surface area contributed by atoms with Crippen molar-refractivity contribution in [2.45, 2.75) is 71.3 Å². The van der Waals surface area contributed by atoms with E-state index in [-0.39, 0.29) is 12.4 Å². The number of esters is 1. The Morgan fingerprint density at radius 2 is 1.72 bits per heavy atom. The first-order valence-electron chi connectivity index (χ1n) is 6.70. The molecular formula is C14H24O4. The lowest BCUT2D eigenvalue weighted by molar-refractivity contribution is -0.158. The maximum Gasteiger partial charge on any atom is 0.309 e. The van der Waals surface area contributed by atoms with E-state index in [4.69, 9.17) is 4.74 Å². The molecule has 0 radical (unpaired) electrons. The fraction of sp³-hybridized carbons (Fsp3) is 0.857. The minimum absolute atomic E-state index is 0.198. The summed E-state index contributed by atoms with van der Waals surface area (Å²) in [7, 11) is 0. The number of rotatable bonds is 4. The largest absolute Gasteiger partial charge is 0.481 e. The van der Waals surface area contributed by atoms with E-state index >= 15 is 0 Å². The van der Waals surface area contributed by atoms with E-state index in [1.54, 1.807) is 0 Å². The molecule has 0 spiro atoms. The highest BCUT2D eigenvalue weighted by atomic mass is 16.6. The van der Waals surface area contributed by atoms with Crippen LogP contribution in [0.5, 0.6) is 0 Å². The molecule has 0 saturated heterocycles. The molecule has 0 atom stereocenters. The van der Waals surface area contributed by atoms with Crippen molar-refractivity contribution < 1.29 is 19.4 Å². The predicted octanol–water partition coefficient (Wildman–Crippen LogP) is 3.14. The fourth-order valence-corrected chi connectivity index (χ4v) is 2.53. The average Bonchev–Trinajstić information content (AvgIpc) is 2.25. The van der Waals surface area contributed by atoms with E-state index in [1.165, 1.54) is 0 Å². The van der Waals surface area contributed by atoms with E-state index in [0.717, 1.165) is 19.3 Å². The second-order valence-corrected chi connectivity index (χ2v) is 6.23. The third-order valence-corrected chi connectivity index (χ3v) is 3.49. The van der Waals surface area contributed by atoms with Crippen LogP contribution in [0.25, 0.3) is 0 Å². The summed E-state index contributed by atoms with van der Waals surface area (Å²) in [5, 5.41) is 9.38. The van der Waals surface area contributed by atoms with Crippen LogP contribution in [0.2, 0.25) is 0 Å². The molecule has 0 aromatic carbocycles. The van der Waals surface area contributed by atoms with Gasteiger partial charge in [0.25, 0.3) is 0 Å². The van der Waals surface area contributed by atoms with Crippen molar-refractivity contribution in [2.24, 2.45) is 5.41 Å².